The Morgan fingerprint density at radius 3 is 2.07 bits per heavy atom. The predicted molar refractivity (Wildman–Crippen MR) is 100.0 cm³/mol. The van der Waals surface area contributed by atoms with E-state index in [0.29, 0.717) is 11.1 Å². The van der Waals surface area contributed by atoms with Gasteiger partial charge < -0.3 is 19.9 Å². The van der Waals surface area contributed by atoms with Crippen molar-refractivity contribution in [2.45, 2.75) is 20.3 Å². The molecule has 0 unspecified atom stereocenters. The fourth-order valence-corrected chi connectivity index (χ4v) is 2.53. The van der Waals surface area contributed by atoms with Crippen LogP contribution in [0, 0.1) is 0 Å². The highest BCUT2D eigenvalue weighted by atomic mass is 16.5. The Morgan fingerprint density at radius 1 is 1.04 bits per heavy atom. The van der Waals surface area contributed by atoms with E-state index >= 15 is 0 Å². The standard InChI is InChI=1S/C18H20N4O6/c1-9(23)20-16-12(8-19-18(22-16)21-10(2)24)5-11-6-13(27-3)15(17(25)26)14(7-11)28-4/h6-8H,5H2,1-4H3,(H,25,26)(H2,19,20,21,22,23,24). The van der Waals surface area contributed by atoms with Gasteiger partial charge in [0.05, 0.1) is 14.2 Å². The summed E-state index contributed by atoms with van der Waals surface area (Å²) in [5.41, 5.74) is 1.12. The first-order valence-corrected chi connectivity index (χ1v) is 8.14. The molecule has 0 atom stereocenters. The van der Waals surface area contributed by atoms with E-state index in [-0.39, 0.29) is 47.1 Å². The van der Waals surface area contributed by atoms with Crippen molar-refractivity contribution in [3.05, 3.63) is 35.0 Å². The zero-order valence-electron chi connectivity index (χ0n) is 15.8. The lowest BCUT2D eigenvalue weighted by molar-refractivity contribution is -0.115. The summed E-state index contributed by atoms with van der Waals surface area (Å²) in [7, 11) is 2.72. The predicted octanol–water partition coefficient (Wildman–Crippen LogP) is 1.70. The smallest absolute Gasteiger partial charge is 0.343 e. The van der Waals surface area contributed by atoms with Crippen LogP contribution in [0.3, 0.4) is 0 Å². The van der Waals surface area contributed by atoms with Gasteiger partial charge in [-0.3, -0.25) is 14.9 Å². The third kappa shape index (κ3) is 4.93. The van der Waals surface area contributed by atoms with Crippen molar-refractivity contribution in [2.75, 3.05) is 24.9 Å². The third-order valence-electron chi connectivity index (χ3n) is 3.62. The van der Waals surface area contributed by atoms with Crippen molar-refractivity contribution >= 4 is 29.5 Å². The molecular formula is C18H20N4O6. The number of aromatic nitrogens is 2. The largest absolute Gasteiger partial charge is 0.496 e. The van der Waals surface area contributed by atoms with Crippen LogP contribution >= 0.6 is 0 Å². The lowest BCUT2D eigenvalue weighted by Crippen LogP contribution is -2.15. The highest BCUT2D eigenvalue weighted by Crippen LogP contribution is 2.32. The summed E-state index contributed by atoms with van der Waals surface area (Å²) in [6.07, 6.45) is 1.72. The van der Waals surface area contributed by atoms with E-state index < -0.39 is 5.97 Å². The third-order valence-corrected chi connectivity index (χ3v) is 3.62. The van der Waals surface area contributed by atoms with Crippen LogP contribution in [0.1, 0.15) is 35.3 Å². The average Bonchev–Trinajstić information content (AvgIpc) is 2.61. The van der Waals surface area contributed by atoms with Gasteiger partial charge in [0.2, 0.25) is 17.8 Å². The monoisotopic (exact) mass is 388 g/mol. The molecule has 3 N–H and O–H groups in total. The van der Waals surface area contributed by atoms with Crippen molar-refractivity contribution < 1.29 is 29.0 Å². The number of methoxy groups -OCH3 is 2. The number of carboxylic acid groups (broad SMARTS) is 1. The molecule has 0 saturated carbocycles. The number of carbonyl (C=O) groups excluding carboxylic acids is 2. The summed E-state index contributed by atoms with van der Waals surface area (Å²) in [6, 6.07) is 3.12. The van der Waals surface area contributed by atoms with Gasteiger partial charge in [0.25, 0.3) is 0 Å². The maximum absolute atomic E-state index is 11.5. The van der Waals surface area contributed by atoms with Crippen molar-refractivity contribution in [2.24, 2.45) is 0 Å². The molecule has 2 amide bonds. The molecule has 0 saturated heterocycles. The van der Waals surface area contributed by atoms with Crippen LogP contribution < -0.4 is 20.1 Å². The number of ether oxygens (including phenoxy) is 2. The minimum atomic E-state index is -1.18. The summed E-state index contributed by atoms with van der Waals surface area (Å²) >= 11 is 0. The molecule has 1 heterocycles. The molecule has 10 nitrogen and oxygen atoms in total. The van der Waals surface area contributed by atoms with E-state index in [4.69, 9.17) is 9.47 Å². The maximum Gasteiger partial charge on any atom is 0.343 e. The zero-order chi connectivity index (χ0) is 20.8. The Bertz CT molecular complexity index is 903. The molecular weight excluding hydrogens is 368 g/mol. The molecule has 0 aliphatic carbocycles. The number of amides is 2. The molecule has 0 bridgehead atoms. The summed E-state index contributed by atoms with van der Waals surface area (Å²) in [4.78, 5) is 42.4. The lowest BCUT2D eigenvalue weighted by Gasteiger charge is -2.14. The van der Waals surface area contributed by atoms with Crippen molar-refractivity contribution in [3.8, 4) is 11.5 Å². The molecule has 0 aliphatic rings. The number of nitrogens with zero attached hydrogens (tertiary/aromatic N) is 2. The summed E-state index contributed by atoms with van der Waals surface area (Å²) in [5.74, 6) is -1.31. The number of hydrogen-bond donors (Lipinski definition) is 3. The zero-order valence-corrected chi connectivity index (χ0v) is 15.8. The van der Waals surface area contributed by atoms with E-state index in [2.05, 4.69) is 20.6 Å². The van der Waals surface area contributed by atoms with Crippen molar-refractivity contribution in [1.29, 1.82) is 0 Å². The average molecular weight is 388 g/mol. The number of aromatic carboxylic acids is 1. The number of rotatable bonds is 7. The van der Waals surface area contributed by atoms with Gasteiger partial charge in [0.1, 0.15) is 22.9 Å². The van der Waals surface area contributed by atoms with Crippen LogP contribution in [0.5, 0.6) is 11.5 Å². The summed E-state index contributed by atoms with van der Waals surface area (Å²) in [6.45, 7) is 2.65. The molecule has 1 aromatic heterocycles. The fraction of sp³-hybridized carbons (Fsp3) is 0.278. The van der Waals surface area contributed by atoms with Crippen LogP contribution in [-0.4, -0.2) is 47.1 Å². The first-order valence-electron chi connectivity index (χ1n) is 8.14. The number of hydrogen-bond acceptors (Lipinski definition) is 7. The Kier molecular flexibility index (Phi) is 6.48. The van der Waals surface area contributed by atoms with E-state index in [9.17, 15) is 19.5 Å². The summed E-state index contributed by atoms with van der Waals surface area (Å²) in [5, 5.41) is 14.4. The Labute approximate surface area is 160 Å². The van der Waals surface area contributed by atoms with E-state index in [1.807, 2.05) is 0 Å². The van der Waals surface area contributed by atoms with E-state index in [1.165, 1.54) is 34.3 Å². The SMILES string of the molecule is COc1cc(Cc2cnc(NC(C)=O)nc2NC(C)=O)cc(OC)c1C(=O)O. The van der Waals surface area contributed by atoms with Gasteiger partial charge in [-0.2, -0.15) is 4.98 Å². The van der Waals surface area contributed by atoms with Gasteiger partial charge in [0, 0.05) is 32.0 Å². The molecule has 1 aromatic carbocycles. The van der Waals surface area contributed by atoms with Crippen LogP contribution in [0.25, 0.3) is 0 Å². The lowest BCUT2D eigenvalue weighted by atomic mass is 10.0. The Hall–Kier alpha value is -3.69. The van der Waals surface area contributed by atoms with Crippen LogP contribution in [0.4, 0.5) is 11.8 Å². The molecule has 2 aromatic rings. The minimum absolute atomic E-state index is 0.0522. The molecule has 10 heteroatoms. The highest BCUT2D eigenvalue weighted by Gasteiger charge is 2.20. The molecule has 2 rings (SSSR count). The normalized spacial score (nSPS) is 10.1. The molecule has 148 valence electrons. The maximum atomic E-state index is 11.5. The second-order valence-corrected chi connectivity index (χ2v) is 5.79. The van der Waals surface area contributed by atoms with E-state index in [0.717, 1.165) is 0 Å². The van der Waals surface area contributed by atoms with Gasteiger partial charge in [0.15, 0.2) is 0 Å². The Balaban J connectivity index is 2.47. The number of carboxylic acids is 1. The molecule has 0 radical (unpaired) electrons. The molecule has 28 heavy (non-hydrogen) atoms. The quantitative estimate of drug-likeness (QED) is 0.651. The number of benzene rings is 1. The molecule has 0 fully saturated rings. The Morgan fingerprint density at radius 2 is 1.61 bits per heavy atom. The summed E-state index contributed by atoms with van der Waals surface area (Å²) < 4.78 is 10.4. The minimum Gasteiger partial charge on any atom is -0.496 e. The van der Waals surface area contributed by atoms with Gasteiger partial charge in [-0.25, -0.2) is 9.78 Å². The fourth-order valence-electron chi connectivity index (χ4n) is 2.53. The van der Waals surface area contributed by atoms with Crippen LogP contribution in [0.15, 0.2) is 18.3 Å². The van der Waals surface area contributed by atoms with Gasteiger partial charge in [-0.15, -0.1) is 0 Å². The molecule has 0 spiro atoms. The first kappa shape index (κ1) is 20.6. The first-order chi connectivity index (χ1) is 13.2. The highest BCUT2D eigenvalue weighted by molar-refractivity contribution is 5.94. The van der Waals surface area contributed by atoms with Crippen molar-refractivity contribution in [1.82, 2.24) is 9.97 Å². The van der Waals surface area contributed by atoms with Gasteiger partial charge in [-0.05, 0) is 17.7 Å². The van der Waals surface area contributed by atoms with Gasteiger partial charge in [-0.1, -0.05) is 0 Å². The van der Waals surface area contributed by atoms with Crippen LogP contribution in [0.2, 0.25) is 0 Å². The van der Waals surface area contributed by atoms with Gasteiger partial charge >= 0.3 is 5.97 Å². The topological polar surface area (TPSA) is 140 Å². The van der Waals surface area contributed by atoms with Crippen molar-refractivity contribution in [3.63, 3.8) is 0 Å². The van der Waals surface area contributed by atoms with Crippen LogP contribution in [-0.2, 0) is 16.0 Å². The number of carbonyl (C=O) groups is 3. The van der Waals surface area contributed by atoms with E-state index in [1.54, 1.807) is 12.1 Å². The molecule has 0 aliphatic heterocycles. The number of anilines is 2. The second kappa shape index (κ2) is 8.80. The number of nitrogens with one attached hydrogen (secondary N) is 2. The second-order valence-electron chi connectivity index (χ2n) is 5.79.